The quantitative estimate of drug-likeness (QED) is 0.371. The van der Waals surface area contributed by atoms with E-state index in [1.54, 1.807) is 18.3 Å². The number of amides is 1. The Labute approximate surface area is 154 Å². The smallest absolute Gasteiger partial charge is 0.292 e. The molecule has 0 aliphatic heterocycles. The van der Waals surface area contributed by atoms with E-state index >= 15 is 0 Å². The van der Waals surface area contributed by atoms with Gasteiger partial charge < -0.3 is 10.3 Å². The summed E-state index contributed by atoms with van der Waals surface area (Å²) in [4.78, 5) is 30.0. The molecule has 0 fully saturated rings. The van der Waals surface area contributed by atoms with Crippen LogP contribution in [0.1, 0.15) is 6.42 Å². The maximum Gasteiger partial charge on any atom is 0.292 e. The zero-order valence-corrected chi connectivity index (χ0v) is 14.5. The number of nitro benzene ring substituents is 1. The van der Waals surface area contributed by atoms with Gasteiger partial charge in [-0.2, -0.15) is 0 Å². The molecule has 8 heteroatoms. The Morgan fingerprint density at radius 1 is 1.15 bits per heavy atom. The summed E-state index contributed by atoms with van der Waals surface area (Å²) < 4.78 is 0. The second-order valence-corrected chi connectivity index (χ2v) is 6.47. The van der Waals surface area contributed by atoms with E-state index in [2.05, 4.69) is 15.3 Å². The number of benzene rings is 2. The van der Waals surface area contributed by atoms with Crippen LogP contribution in [0.5, 0.6) is 0 Å². The van der Waals surface area contributed by atoms with E-state index in [0.29, 0.717) is 5.75 Å². The van der Waals surface area contributed by atoms with E-state index in [0.717, 1.165) is 16.4 Å². The molecule has 1 amide bonds. The molecule has 0 saturated heterocycles. The molecular formula is C18H16N4O3S. The summed E-state index contributed by atoms with van der Waals surface area (Å²) in [6.07, 6.45) is 1.98. The van der Waals surface area contributed by atoms with Crippen molar-refractivity contribution in [3.63, 3.8) is 0 Å². The number of H-pyrrole nitrogens is 1. The van der Waals surface area contributed by atoms with Crippen LogP contribution >= 0.6 is 11.8 Å². The van der Waals surface area contributed by atoms with Crippen LogP contribution in [0.25, 0.3) is 11.3 Å². The number of thioether (sulfide) groups is 1. The number of aromatic nitrogens is 2. The van der Waals surface area contributed by atoms with Gasteiger partial charge in [0.25, 0.3) is 5.69 Å². The number of carbonyl (C=O) groups excluding carboxylic acids is 1. The summed E-state index contributed by atoms with van der Waals surface area (Å²) in [5.41, 5.74) is 2.04. The van der Waals surface area contributed by atoms with Crippen molar-refractivity contribution in [2.75, 3.05) is 11.1 Å². The largest absolute Gasteiger partial charge is 0.333 e. The average Bonchev–Trinajstić information content (AvgIpc) is 3.11. The highest BCUT2D eigenvalue weighted by molar-refractivity contribution is 7.99. The molecule has 0 atom stereocenters. The van der Waals surface area contributed by atoms with Gasteiger partial charge in [-0.05, 0) is 11.6 Å². The van der Waals surface area contributed by atoms with Crippen molar-refractivity contribution < 1.29 is 9.72 Å². The molecule has 0 aliphatic rings. The van der Waals surface area contributed by atoms with Crippen LogP contribution in [0.4, 0.5) is 11.4 Å². The van der Waals surface area contributed by atoms with Crippen LogP contribution in [-0.2, 0) is 4.79 Å². The molecular weight excluding hydrogens is 352 g/mol. The summed E-state index contributed by atoms with van der Waals surface area (Å²) in [5.74, 6) is 0.232. The molecule has 0 spiro atoms. The molecule has 0 bridgehead atoms. The lowest BCUT2D eigenvalue weighted by Gasteiger charge is -2.05. The van der Waals surface area contributed by atoms with Gasteiger partial charge in [-0.15, -0.1) is 0 Å². The van der Waals surface area contributed by atoms with Crippen molar-refractivity contribution in [2.45, 2.75) is 11.6 Å². The minimum atomic E-state index is -0.516. The standard InChI is InChI=1S/C18H16N4O3S/c23-17(20-14-8-4-5-9-16(14)22(24)25)10-11-26-18-19-12-15(21-18)13-6-2-1-3-7-13/h1-9,12H,10-11H2,(H,19,21)(H,20,23). The van der Waals surface area contributed by atoms with Gasteiger partial charge in [-0.25, -0.2) is 4.98 Å². The summed E-state index contributed by atoms with van der Waals surface area (Å²) >= 11 is 1.42. The molecule has 7 nitrogen and oxygen atoms in total. The number of nitrogens with zero attached hydrogens (tertiary/aromatic N) is 2. The molecule has 26 heavy (non-hydrogen) atoms. The Hall–Kier alpha value is -3.13. The van der Waals surface area contributed by atoms with Gasteiger partial charge in [0.05, 0.1) is 16.8 Å². The number of imidazole rings is 1. The van der Waals surface area contributed by atoms with E-state index in [4.69, 9.17) is 0 Å². The number of hydrogen-bond acceptors (Lipinski definition) is 5. The normalized spacial score (nSPS) is 10.5. The van der Waals surface area contributed by atoms with Gasteiger partial charge in [0.2, 0.25) is 5.91 Å². The Morgan fingerprint density at radius 2 is 1.88 bits per heavy atom. The SMILES string of the molecule is O=C(CCSc1ncc(-c2ccccc2)[nH]1)Nc1ccccc1[N+](=O)[O-]. The summed E-state index contributed by atoms with van der Waals surface area (Å²) in [6.45, 7) is 0. The lowest BCUT2D eigenvalue weighted by Crippen LogP contribution is -2.13. The Morgan fingerprint density at radius 3 is 2.65 bits per heavy atom. The van der Waals surface area contributed by atoms with Crippen LogP contribution in [0.15, 0.2) is 66.0 Å². The fourth-order valence-corrected chi connectivity index (χ4v) is 3.12. The number of anilines is 1. The molecule has 0 aliphatic carbocycles. The third-order valence-electron chi connectivity index (χ3n) is 3.58. The molecule has 3 rings (SSSR count). The van der Waals surface area contributed by atoms with E-state index in [9.17, 15) is 14.9 Å². The lowest BCUT2D eigenvalue weighted by molar-refractivity contribution is -0.383. The summed E-state index contributed by atoms with van der Waals surface area (Å²) in [5, 5.41) is 14.3. The first-order valence-electron chi connectivity index (χ1n) is 7.90. The monoisotopic (exact) mass is 368 g/mol. The number of aromatic amines is 1. The molecule has 0 saturated carbocycles. The first-order valence-corrected chi connectivity index (χ1v) is 8.88. The average molecular weight is 368 g/mol. The van der Waals surface area contributed by atoms with Gasteiger partial charge in [-0.1, -0.05) is 54.2 Å². The van der Waals surface area contributed by atoms with Crippen molar-refractivity contribution >= 4 is 29.0 Å². The molecule has 1 heterocycles. The molecule has 0 radical (unpaired) electrons. The van der Waals surface area contributed by atoms with Crippen molar-refractivity contribution in [1.29, 1.82) is 0 Å². The fourth-order valence-electron chi connectivity index (χ4n) is 2.33. The zero-order valence-electron chi connectivity index (χ0n) is 13.7. The topological polar surface area (TPSA) is 101 Å². The van der Waals surface area contributed by atoms with E-state index < -0.39 is 4.92 Å². The highest BCUT2D eigenvalue weighted by Crippen LogP contribution is 2.24. The van der Waals surface area contributed by atoms with Gasteiger partial charge in [0.15, 0.2) is 5.16 Å². The lowest BCUT2D eigenvalue weighted by atomic mass is 10.2. The van der Waals surface area contributed by atoms with Gasteiger partial charge in [0.1, 0.15) is 5.69 Å². The number of hydrogen-bond donors (Lipinski definition) is 2. The molecule has 3 aromatic rings. The first kappa shape index (κ1) is 17.7. The van der Waals surface area contributed by atoms with Crippen molar-refractivity contribution in [2.24, 2.45) is 0 Å². The number of nitro groups is 1. The predicted octanol–water partition coefficient (Wildman–Crippen LogP) is 4.11. The first-order chi connectivity index (χ1) is 12.6. The molecule has 2 N–H and O–H groups in total. The Balaban J connectivity index is 1.52. The van der Waals surface area contributed by atoms with E-state index in [1.807, 2.05) is 30.3 Å². The molecule has 132 valence electrons. The summed E-state index contributed by atoms with van der Waals surface area (Å²) in [7, 11) is 0. The van der Waals surface area contributed by atoms with Crippen LogP contribution in [0.3, 0.4) is 0 Å². The highest BCUT2D eigenvalue weighted by Gasteiger charge is 2.14. The second kappa shape index (κ2) is 8.30. The molecule has 2 aromatic carbocycles. The van der Waals surface area contributed by atoms with E-state index in [-0.39, 0.29) is 23.7 Å². The highest BCUT2D eigenvalue weighted by atomic mass is 32.2. The molecule has 1 aromatic heterocycles. The number of rotatable bonds is 7. The van der Waals surface area contributed by atoms with Crippen LogP contribution in [-0.4, -0.2) is 26.6 Å². The van der Waals surface area contributed by atoms with Crippen molar-refractivity contribution in [3.05, 3.63) is 70.9 Å². The number of para-hydroxylation sites is 2. The minimum Gasteiger partial charge on any atom is -0.333 e. The van der Waals surface area contributed by atoms with Crippen LogP contribution in [0, 0.1) is 10.1 Å². The fraction of sp³-hybridized carbons (Fsp3) is 0.111. The van der Waals surface area contributed by atoms with Gasteiger partial charge in [0, 0.05) is 18.2 Å². The molecule has 0 unspecified atom stereocenters. The number of carbonyl (C=O) groups is 1. The third-order valence-corrected chi connectivity index (χ3v) is 4.47. The van der Waals surface area contributed by atoms with Gasteiger partial charge in [-0.3, -0.25) is 14.9 Å². The Kier molecular flexibility index (Phi) is 5.65. The predicted molar refractivity (Wildman–Crippen MR) is 101 cm³/mol. The maximum absolute atomic E-state index is 12.0. The third kappa shape index (κ3) is 4.48. The van der Waals surface area contributed by atoms with Crippen LogP contribution < -0.4 is 5.32 Å². The van der Waals surface area contributed by atoms with Crippen LogP contribution in [0.2, 0.25) is 0 Å². The summed E-state index contributed by atoms with van der Waals surface area (Å²) in [6, 6.07) is 15.9. The Bertz CT molecular complexity index is 912. The van der Waals surface area contributed by atoms with Gasteiger partial charge >= 0.3 is 0 Å². The second-order valence-electron chi connectivity index (χ2n) is 5.39. The zero-order chi connectivity index (χ0) is 18.4. The maximum atomic E-state index is 12.0. The van der Waals surface area contributed by atoms with Crippen molar-refractivity contribution in [1.82, 2.24) is 9.97 Å². The van der Waals surface area contributed by atoms with E-state index in [1.165, 1.54) is 23.9 Å². The number of nitrogens with one attached hydrogen (secondary N) is 2. The van der Waals surface area contributed by atoms with Crippen molar-refractivity contribution in [3.8, 4) is 11.3 Å². The minimum absolute atomic E-state index is 0.118.